The van der Waals surface area contributed by atoms with Crippen LogP contribution < -0.4 is 5.73 Å². The zero-order valence-electron chi connectivity index (χ0n) is 10.5. The van der Waals surface area contributed by atoms with Crippen LogP contribution >= 0.6 is 0 Å². The fourth-order valence-corrected chi connectivity index (χ4v) is 1.94. The van der Waals surface area contributed by atoms with E-state index in [-0.39, 0.29) is 16.9 Å². The normalized spacial score (nSPS) is 13.2. The van der Waals surface area contributed by atoms with Gasteiger partial charge in [0.15, 0.2) is 5.60 Å². The van der Waals surface area contributed by atoms with Crippen molar-refractivity contribution >= 4 is 11.4 Å². The van der Waals surface area contributed by atoms with E-state index in [1.807, 2.05) is 0 Å². The summed E-state index contributed by atoms with van der Waals surface area (Å²) in [5, 5.41) is 21.6. The molecule has 0 saturated carbocycles. The lowest BCUT2D eigenvalue weighted by molar-refractivity contribution is -0.384. The first-order chi connectivity index (χ1) is 9.49. The zero-order valence-corrected chi connectivity index (χ0v) is 10.5. The maximum atomic E-state index is 10.9. The summed E-state index contributed by atoms with van der Waals surface area (Å²) in [7, 11) is 0. The van der Waals surface area contributed by atoms with Crippen LogP contribution in [0.2, 0.25) is 0 Å². The molecule has 1 unspecified atom stereocenters. The first-order valence-electron chi connectivity index (χ1n) is 5.79. The van der Waals surface area contributed by atoms with Crippen molar-refractivity contribution in [3.63, 3.8) is 0 Å². The van der Waals surface area contributed by atoms with E-state index in [2.05, 4.69) is 5.92 Å². The van der Waals surface area contributed by atoms with Crippen LogP contribution in [0.5, 0.6) is 0 Å². The largest absolute Gasteiger partial charge is 0.393 e. The second kappa shape index (κ2) is 5.03. The Balaban J connectivity index is 2.62. The number of rotatable bonds is 3. The van der Waals surface area contributed by atoms with E-state index in [0.717, 1.165) is 0 Å². The van der Waals surface area contributed by atoms with Crippen molar-refractivity contribution in [3.05, 3.63) is 69.8 Å². The number of terminal acetylenes is 1. The fourth-order valence-electron chi connectivity index (χ4n) is 1.94. The van der Waals surface area contributed by atoms with E-state index < -0.39 is 10.5 Å². The van der Waals surface area contributed by atoms with Crippen molar-refractivity contribution in [2.75, 3.05) is 5.73 Å². The van der Waals surface area contributed by atoms with Gasteiger partial charge in [-0.3, -0.25) is 10.1 Å². The van der Waals surface area contributed by atoms with Gasteiger partial charge in [0.25, 0.3) is 5.69 Å². The summed E-state index contributed by atoms with van der Waals surface area (Å²) >= 11 is 0. The summed E-state index contributed by atoms with van der Waals surface area (Å²) in [4.78, 5) is 10.3. The molecule has 0 radical (unpaired) electrons. The molecule has 0 fully saturated rings. The van der Waals surface area contributed by atoms with Crippen LogP contribution in [0.1, 0.15) is 11.1 Å². The van der Waals surface area contributed by atoms with Crippen LogP contribution in [0.15, 0.2) is 48.5 Å². The van der Waals surface area contributed by atoms with Gasteiger partial charge < -0.3 is 10.8 Å². The Labute approximate surface area is 115 Å². The van der Waals surface area contributed by atoms with Crippen molar-refractivity contribution in [1.29, 1.82) is 0 Å². The summed E-state index contributed by atoms with van der Waals surface area (Å²) < 4.78 is 0. The van der Waals surface area contributed by atoms with Crippen LogP contribution in [0.25, 0.3) is 0 Å². The van der Waals surface area contributed by atoms with Crippen molar-refractivity contribution in [2.24, 2.45) is 0 Å². The molecule has 2 rings (SSSR count). The van der Waals surface area contributed by atoms with Crippen molar-refractivity contribution < 1.29 is 10.0 Å². The van der Waals surface area contributed by atoms with Gasteiger partial charge in [0, 0.05) is 17.2 Å². The Hall–Kier alpha value is -2.84. The topological polar surface area (TPSA) is 89.4 Å². The molecule has 1 atom stereocenters. The molecule has 0 aliphatic heterocycles. The van der Waals surface area contributed by atoms with Gasteiger partial charge in [-0.1, -0.05) is 42.3 Å². The van der Waals surface area contributed by atoms with Gasteiger partial charge in [0.2, 0.25) is 0 Å². The van der Waals surface area contributed by atoms with Crippen molar-refractivity contribution in [1.82, 2.24) is 0 Å². The van der Waals surface area contributed by atoms with Crippen LogP contribution in [0.4, 0.5) is 11.4 Å². The Morgan fingerprint density at radius 1 is 1.20 bits per heavy atom. The van der Waals surface area contributed by atoms with Gasteiger partial charge in [0.1, 0.15) is 5.69 Å². The maximum absolute atomic E-state index is 10.9. The Morgan fingerprint density at radius 3 is 2.40 bits per heavy atom. The van der Waals surface area contributed by atoms with E-state index >= 15 is 0 Å². The molecule has 0 aliphatic rings. The van der Waals surface area contributed by atoms with Crippen molar-refractivity contribution in [2.45, 2.75) is 5.60 Å². The highest BCUT2D eigenvalue weighted by molar-refractivity contribution is 5.61. The number of nitrogens with two attached hydrogens (primary N) is 1. The van der Waals surface area contributed by atoms with E-state index in [9.17, 15) is 15.2 Å². The minimum Gasteiger partial charge on any atom is -0.393 e. The highest BCUT2D eigenvalue weighted by Crippen LogP contribution is 2.33. The monoisotopic (exact) mass is 268 g/mol. The summed E-state index contributed by atoms with van der Waals surface area (Å²) in [6, 6.07) is 12.6. The highest BCUT2D eigenvalue weighted by Gasteiger charge is 2.31. The molecule has 2 aromatic carbocycles. The molecule has 0 aliphatic carbocycles. The minimum absolute atomic E-state index is 0.0196. The van der Waals surface area contributed by atoms with Crippen LogP contribution in [0, 0.1) is 22.5 Å². The smallest absolute Gasteiger partial charge is 0.292 e. The number of hydrogen-bond acceptors (Lipinski definition) is 4. The summed E-state index contributed by atoms with van der Waals surface area (Å²) in [6.45, 7) is 0. The fraction of sp³-hybridized carbons (Fsp3) is 0.0667. The number of benzene rings is 2. The number of aliphatic hydroxyl groups is 1. The van der Waals surface area contributed by atoms with E-state index in [0.29, 0.717) is 5.56 Å². The standard InChI is InChI=1S/C15H12N2O3/c1-2-15(18,11-6-4-3-5-7-11)12-8-9-13(16)14(10-12)17(19)20/h1,3-10,18H,16H2. The van der Waals surface area contributed by atoms with Crippen LogP contribution in [0.3, 0.4) is 0 Å². The first kappa shape index (κ1) is 13.6. The van der Waals surface area contributed by atoms with E-state index in [1.165, 1.54) is 18.2 Å². The number of anilines is 1. The molecule has 2 aromatic rings. The van der Waals surface area contributed by atoms with Gasteiger partial charge in [-0.25, -0.2) is 0 Å². The molecule has 0 spiro atoms. The Bertz CT molecular complexity index is 692. The predicted molar refractivity (Wildman–Crippen MR) is 75.8 cm³/mol. The number of nitrogen functional groups attached to an aromatic ring is 1. The lowest BCUT2D eigenvalue weighted by Gasteiger charge is -2.23. The maximum Gasteiger partial charge on any atom is 0.292 e. The molecule has 3 N–H and O–H groups in total. The first-order valence-corrected chi connectivity index (χ1v) is 5.79. The highest BCUT2D eigenvalue weighted by atomic mass is 16.6. The third kappa shape index (κ3) is 2.20. The molecule has 5 heteroatoms. The second-order valence-electron chi connectivity index (χ2n) is 4.25. The van der Waals surface area contributed by atoms with E-state index in [4.69, 9.17) is 12.2 Å². The lowest BCUT2D eigenvalue weighted by Crippen LogP contribution is -2.25. The predicted octanol–water partition coefficient (Wildman–Crippen LogP) is 2.05. The number of nitrogens with zero attached hydrogens (tertiary/aromatic N) is 1. The number of nitro benzene ring substituents is 1. The molecule has 0 aromatic heterocycles. The summed E-state index contributed by atoms with van der Waals surface area (Å²) in [5.41, 5.74) is 4.23. The van der Waals surface area contributed by atoms with Crippen molar-refractivity contribution in [3.8, 4) is 12.3 Å². The second-order valence-corrected chi connectivity index (χ2v) is 4.25. The molecule has 0 bridgehead atoms. The molecule has 0 heterocycles. The van der Waals surface area contributed by atoms with Crippen LogP contribution in [-0.2, 0) is 5.60 Å². The third-order valence-electron chi connectivity index (χ3n) is 3.05. The SMILES string of the molecule is C#CC(O)(c1ccccc1)c1ccc(N)c([N+](=O)[O-])c1. The van der Waals surface area contributed by atoms with E-state index in [1.54, 1.807) is 30.3 Å². The average Bonchev–Trinajstić information content (AvgIpc) is 2.47. The lowest BCUT2D eigenvalue weighted by atomic mass is 9.87. The summed E-state index contributed by atoms with van der Waals surface area (Å²) in [6.07, 6.45) is 5.43. The average molecular weight is 268 g/mol. The quantitative estimate of drug-likeness (QED) is 0.386. The number of nitro groups is 1. The summed E-state index contributed by atoms with van der Waals surface area (Å²) in [5.74, 6) is 2.29. The van der Waals surface area contributed by atoms with Gasteiger partial charge >= 0.3 is 0 Å². The molecule has 20 heavy (non-hydrogen) atoms. The molecule has 0 saturated heterocycles. The minimum atomic E-state index is -1.74. The number of hydrogen-bond donors (Lipinski definition) is 2. The van der Waals surface area contributed by atoms with Gasteiger partial charge in [0.05, 0.1) is 4.92 Å². The molecular weight excluding hydrogens is 256 g/mol. The third-order valence-corrected chi connectivity index (χ3v) is 3.05. The van der Waals surface area contributed by atoms with Gasteiger partial charge in [-0.15, -0.1) is 6.42 Å². The molecule has 0 amide bonds. The molecule has 100 valence electrons. The van der Waals surface area contributed by atoms with Crippen LogP contribution in [-0.4, -0.2) is 10.0 Å². The molecule has 5 nitrogen and oxygen atoms in total. The van der Waals surface area contributed by atoms with Gasteiger partial charge in [-0.2, -0.15) is 0 Å². The van der Waals surface area contributed by atoms with Gasteiger partial charge in [-0.05, 0) is 6.07 Å². The Morgan fingerprint density at radius 2 is 1.85 bits per heavy atom. The molecular formula is C15H12N2O3. The zero-order chi connectivity index (χ0) is 14.8. The Kier molecular flexibility index (Phi) is 3.42.